The molecule has 2 unspecified atom stereocenters. The van der Waals surface area contributed by atoms with Gasteiger partial charge in [0, 0.05) is 10.8 Å². The van der Waals surface area contributed by atoms with E-state index in [1.165, 1.54) is 11.5 Å². The molecule has 3 aromatic rings. The minimum Gasteiger partial charge on any atom is -0.391 e. The summed E-state index contributed by atoms with van der Waals surface area (Å²) < 4.78 is 18.8. The largest absolute Gasteiger partial charge is 0.434 e. The van der Waals surface area contributed by atoms with Crippen molar-refractivity contribution >= 4 is 18.5 Å². The molecule has 1 heterocycles. The van der Waals surface area contributed by atoms with Crippen LogP contribution in [0.4, 0.5) is 4.39 Å². The third-order valence-corrected chi connectivity index (χ3v) is 5.11. The minimum atomic E-state index is -0.686. The average Bonchev–Trinajstić information content (AvgIpc) is 3.17. The topological polar surface area (TPSA) is 134 Å². The lowest BCUT2D eigenvalue weighted by atomic mass is 9.88. The molecule has 2 atom stereocenters. The summed E-state index contributed by atoms with van der Waals surface area (Å²) in [5.74, 6) is -1.80. The van der Waals surface area contributed by atoms with Crippen molar-refractivity contribution in [2.45, 2.75) is 37.6 Å². The van der Waals surface area contributed by atoms with E-state index in [1.54, 1.807) is 37.3 Å². The second kappa shape index (κ2) is 10.2. The van der Waals surface area contributed by atoms with Crippen LogP contribution in [0.1, 0.15) is 51.8 Å². The SMILES string of the molecule is Cc1ccc(F)c(C(C)C(N)c2n[nH]c(=O)o2)c1C.O=C(NO)c1ccccc1S. The van der Waals surface area contributed by atoms with Gasteiger partial charge in [-0.1, -0.05) is 25.1 Å². The number of H-pyrrole nitrogens is 1. The van der Waals surface area contributed by atoms with Crippen LogP contribution in [-0.4, -0.2) is 21.3 Å². The zero-order valence-electron chi connectivity index (χ0n) is 16.6. The molecule has 5 N–H and O–H groups in total. The Morgan fingerprint density at radius 2 is 1.97 bits per heavy atom. The van der Waals surface area contributed by atoms with Gasteiger partial charge in [0.1, 0.15) is 5.82 Å². The Morgan fingerprint density at radius 1 is 1.30 bits per heavy atom. The predicted octanol–water partition coefficient (Wildman–Crippen LogP) is 3.02. The predicted molar refractivity (Wildman–Crippen MR) is 111 cm³/mol. The molecule has 0 aliphatic carbocycles. The first-order valence-electron chi connectivity index (χ1n) is 8.96. The number of hydrogen-bond donors (Lipinski definition) is 5. The van der Waals surface area contributed by atoms with Crippen LogP contribution < -0.4 is 17.0 Å². The van der Waals surface area contributed by atoms with Crippen molar-refractivity contribution in [3.8, 4) is 0 Å². The Bertz CT molecular complexity index is 1080. The monoisotopic (exact) mass is 434 g/mol. The summed E-state index contributed by atoms with van der Waals surface area (Å²) in [6.07, 6.45) is 0. The molecule has 0 saturated carbocycles. The molecule has 8 nitrogen and oxygen atoms in total. The van der Waals surface area contributed by atoms with Crippen molar-refractivity contribution in [1.29, 1.82) is 0 Å². The van der Waals surface area contributed by atoms with Crippen molar-refractivity contribution in [3.63, 3.8) is 0 Å². The van der Waals surface area contributed by atoms with Crippen LogP contribution in [0, 0.1) is 19.7 Å². The van der Waals surface area contributed by atoms with E-state index in [-0.39, 0.29) is 17.6 Å². The third kappa shape index (κ3) is 5.35. The van der Waals surface area contributed by atoms with Crippen LogP contribution in [0.25, 0.3) is 0 Å². The Morgan fingerprint density at radius 3 is 2.53 bits per heavy atom. The lowest BCUT2D eigenvalue weighted by Crippen LogP contribution is -2.20. The van der Waals surface area contributed by atoms with E-state index in [0.717, 1.165) is 11.1 Å². The maximum absolute atomic E-state index is 14.0. The normalized spacial score (nSPS) is 12.5. The van der Waals surface area contributed by atoms with Gasteiger partial charge in [0.05, 0.1) is 11.6 Å². The molecule has 0 bridgehead atoms. The maximum atomic E-state index is 14.0. The lowest BCUT2D eigenvalue weighted by Gasteiger charge is -2.20. The summed E-state index contributed by atoms with van der Waals surface area (Å²) in [5.41, 5.74) is 10.2. The summed E-state index contributed by atoms with van der Waals surface area (Å²) in [7, 11) is 0. The number of rotatable bonds is 4. The summed E-state index contributed by atoms with van der Waals surface area (Å²) >= 11 is 4.02. The number of aryl methyl sites for hydroxylation is 1. The maximum Gasteiger partial charge on any atom is 0.434 e. The molecule has 0 aliphatic rings. The van der Waals surface area contributed by atoms with Crippen molar-refractivity contribution in [2.75, 3.05) is 0 Å². The Labute approximate surface area is 177 Å². The van der Waals surface area contributed by atoms with Crippen LogP contribution >= 0.6 is 12.6 Å². The van der Waals surface area contributed by atoms with Gasteiger partial charge < -0.3 is 10.2 Å². The number of carbonyl (C=O) groups excluding carboxylic acids is 1. The second-order valence-electron chi connectivity index (χ2n) is 6.63. The molecule has 0 fully saturated rings. The van der Waals surface area contributed by atoms with E-state index in [0.29, 0.717) is 16.0 Å². The van der Waals surface area contributed by atoms with Gasteiger partial charge >= 0.3 is 5.76 Å². The molecule has 30 heavy (non-hydrogen) atoms. The quantitative estimate of drug-likeness (QED) is 0.243. The highest BCUT2D eigenvalue weighted by Gasteiger charge is 2.25. The Balaban J connectivity index is 0.000000248. The van der Waals surface area contributed by atoms with Crippen molar-refractivity contribution in [3.05, 3.63) is 80.9 Å². The number of aromatic amines is 1. The summed E-state index contributed by atoms with van der Waals surface area (Å²) in [6.45, 7) is 5.53. The van der Waals surface area contributed by atoms with Gasteiger partial charge in [-0.2, -0.15) is 0 Å². The number of halogens is 1. The number of nitrogens with one attached hydrogen (secondary N) is 2. The standard InChI is InChI=1S/C13H16FN3O2.C7H7NO2S/c1-6-4-5-9(14)10(7(6)2)8(3)11(15)12-16-17-13(18)19-12;9-7(8-10)5-3-1-2-4-6(5)11/h4-5,8,11H,15H2,1-3H3,(H,17,18);1-4,10-11H,(H,8,9). The van der Waals surface area contributed by atoms with Gasteiger partial charge in [0.15, 0.2) is 0 Å². The van der Waals surface area contributed by atoms with Crippen molar-refractivity contribution < 1.29 is 18.8 Å². The van der Waals surface area contributed by atoms with Crippen LogP contribution in [0.3, 0.4) is 0 Å². The second-order valence-corrected chi connectivity index (χ2v) is 7.11. The molecule has 0 radical (unpaired) electrons. The highest BCUT2D eigenvalue weighted by Crippen LogP contribution is 2.32. The zero-order valence-corrected chi connectivity index (χ0v) is 17.5. The number of amides is 1. The number of hydrogen-bond acceptors (Lipinski definition) is 7. The first kappa shape index (κ1) is 23.3. The summed E-state index contributed by atoms with van der Waals surface area (Å²) in [6, 6.07) is 9.17. The first-order valence-corrected chi connectivity index (χ1v) is 9.41. The third-order valence-electron chi connectivity index (χ3n) is 4.72. The van der Waals surface area contributed by atoms with Gasteiger partial charge in [-0.25, -0.2) is 19.8 Å². The molecule has 0 spiro atoms. The van der Waals surface area contributed by atoms with Crippen molar-refractivity contribution in [2.24, 2.45) is 5.73 Å². The average molecular weight is 434 g/mol. The number of benzene rings is 2. The fourth-order valence-electron chi connectivity index (χ4n) is 2.87. The highest BCUT2D eigenvalue weighted by atomic mass is 32.1. The zero-order chi connectivity index (χ0) is 22.4. The first-order chi connectivity index (χ1) is 14.2. The van der Waals surface area contributed by atoms with Gasteiger partial charge in [-0.3, -0.25) is 10.0 Å². The molecule has 160 valence electrons. The molecule has 3 rings (SSSR count). The van der Waals surface area contributed by atoms with E-state index >= 15 is 0 Å². The fourth-order valence-corrected chi connectivity index (χ4v) is 3.13. The fraction of sp³-hybridized carbons (Fsp3) is 0.250. The van der Waals surface area contributed by atoms with Crippen molar-refractivity contribution in [1.82, 2.24) is 15.7 Å². The summed E-state index contributed by atoms with van der Waals surface area (Å²) in [4.78, 5) is 22.3. The molecule has 2 aromatic carbocycles. The van der Waals surface area contributed by atoms with Crippen LogP contribution in [0.2, 0.25) is 0 Å². The smallest absolute Gasteiger partial charge is 0.391 e. The number of carbonyl (C=O) groups is 1. The number of thiol groups is 1. The van der Waals surface area contributed by atoms with E-state index in [1.807, 2.05) is 13.8 Å². The Kier molecular flexibility index (Phi) is 7.93. The van der Waals surface area contributed by atoms with Crippen LogP contribution in [-0.2, 0) is 0 Å². The molecule has 0 saturated heterocycles. The Hall–Kier alpha value is -2.95. The molecule has 10 heteroatoms. The lowest BCUT2D eigenvalue weighted by molar-refractivity contribution is 0.0703. The molecule has 1 amide bonds. The van der Waals surface area contributed by atoms with E-state index in [9.17, 15) is 14.0 Å². The number of nitrogens with two attached hydrogens (primary N) is 1. The molecular formula is C20H23FN4O4S. The highest BCUT2D eigenvalue weighted by molar-refractivity contribution is 7.80. The van der Waals surface area contributed by atoms with Crippen LogP contribution in [0.15, 0.2) is 50.5 Å². The molecule has 0 aliphatic heterocycles. The molecule has 1 aromatic heterocycles. The van der Waals surface area contributed by atoms with Gasteiger partial charge in [0.2, 0.25) is 5.89 Å². The number of aromatic nitrogens is 2. The number of hydroxylamine groups is 1. The van der Waals surface area contributed by atoms with Gasteiger partial charge in [0.25, 0.3) is 5.91 Å². The van der Waals surface area contributed by atoms with Gasteiger partial charge in [-0.05, 0) is 48.7 Å². The van der Waals surface area contributed by atoms with Gasteiger partial charge in [-0.15, -0.1) is 17.7 Å². The van der Waals surface area contributed by atoms with E-state index < -0.39 is 17.7 Å². The molecular weight excluding hydrogens is 411 g/mol. The van der Waals surface area contributed by atoms with E-state index in [2.05, 4.69) is 22.8 Å². The number of nitrogens with zero attached hydrogens (tertiary/aromatic N) is 1. The summed E-state index contributed by atoms with van der Waals surface area (Å²) in [5, 5.41) is 14.1. The van der Waals surface area contributed by atoms with E-state index in [4.69, 9.17) is 15.4 Å². The minimum absolute atomic E-state index is 0.0813. The van der Waals surface area contributed by atoms with Crippen LogP contribution in [0.5, 0.6) is 0 Å².